The average molecular weight is 1000 g/mol. The van der Waals surface area contributed by atoms with Crippen molar-refractivity contribution < 1.29 is 23.5 Å². The van der Waals surface area contributed by atoms with Gasteiger partial charge in [-0.25, -0.2) is 18.1 Å². The summed E-state index contributed by atoms with van der Waals surface area (Å²) in [5, 5.41) is 46.6. The predicted octanol–water partition coefficient (Wildman–Crippen LogP) is 6.41. The standard InChI is InChI=1S/C25H29FN8O.C14H16N6O2.C11H15FN2.2CH4/c1-17-22(18(2)33(29-17)24-10-9-23-28-27-19(3)34(23)30-24)8-11-25(35)32-14-12-31(13-15-32)16-20-4-6-21(26)7-5-20;1-8-11(4-7-14(21)22)9(2)19(17-8)13-6-5-12-16-15-10(3)20(12)18-13;12-11-3-1-10(2-4-11)9-14-7-5-13-6-8-14;;/h4-7,9-10H,8,11-16H2,1-3H3;5-6H,4,7H2,1-3H3,(H,21,22);1-4,13H,5-9H2;2*1H4. The molecule has 2 saturated heterocycles. The number of carbonyl (C=O) groups excluding carboxylic acids is 1. The zero-order chi connectivity index (χ0) is 50.2. The number of aliphatic carboxylic acids is 1. The normalized spacial score (nSPS) is 13.9. The predicted molar refractivity (Wildman–Crippen MR) is 275 cm³/mol. The Morgan fingerprint density at radius 3 is 1.41 bits per heavy atom. The number of hydrogen-bond acceptors (Lipinski definition) is 13. The van der Waals surface area contributed by atoms with Crippen LogP contribution in [0.2, 0.25) is 0 Å². The smallest absolute Gasteiger partial charge is 0.303 e. The van der Waals surface area contributed by atoms with E-state index in [0.717, 1.165) is 91.8 Å². The van der Waals surface area contributed by atoms with Crippen molar-refractivity contribution in [2.24, 2.45) is 0 Å². The van der Waals surface area contributed by atoms with E-state index in [0.29, 0.717) is 66.9 Å². The van der Waals surface area contributed by atoms with Crippen molar-refractivity contribution in [1.29, 1.82) is 0 Å². The van der Waals surface area contributed by atoms with Gasteiger partial charge in [0.25, 0.3) is 0 Å². The van der Waals surface area contributed by atoms with Crippen LogP contribution >= 0.6 is 0 Å². The van der Waals surface area contributed by atoms with Crippen molar-refractivity contribution in [1.82, 2.24) is 79.2 Å². The molecule has 388 valence electrons. The lowest BCUT2D eigenvalue weighted by Gasteiger charge is -2.34. The molecule has 8 aromatic rings. The Morgan fingerprint density at radius 1 is 0.548 bits per heavy atom. The van der Waals surface area contributed by atoms with E-state index >= 15 is 0 Å². The van der Waals surface area contributed by atoms with Crippen LogP contribution in [0.5, 0.6) is 0 Å². The van der Waals surface area contributed by atoms with Crippen LogP contribution < -0.4 is 5.32 Å². The molecule has 2 N–H and O–H groups in total. The third kappa shape index (κ3) is 13.6. The average Bonchev–Trinajstić information content (AvgIpc) is 4.10. The summed E-state index contributed by atoms with van der Waals surface area (Å²) in [4.78, 5) is 30.3. The van der Waals surface area contributed by atoms with Crippen molar-refractivity contribution in [2.75, 3.05) is 52.4 Å². The highest BCUT2D eigenvalue weighted by molar-refractivity contribution is 5.76. The molecule has 73 heavy (non-hydrogen) atoms. The van der Waals surface area contributed by atoms with Gasteiger partial charge in [0.2, 0.25) is 5.91 Å². The molecule has 2 aromatic carbocycles. The molecule has 6 aromatic heterocycles. The van der Waals surface area contributed by atoms with E-state index in [2.05, 4.69) is 50.8 Å². The summed E-state index contributed by atoms with van der Waals surface area (Å²) in [6.07, 6.45) is 1.63. The van der Waals surface area contributed by atoms with Gasteiger partial charge in [-0.1, -0.05) is 39.1 Å². The maximum Gasteiger partial charge on any atom is 0.303 e. The Balaban J connectivity index is 0.000000195. The molecule has 0 saturated carbocycles. The fourth-order valence-electron chi connectivity index (χ4n) is 8.86. The minimum absolute atomic E-state index is 0. The molecule has 2 fully saturated rings. The van der Waals surface area contributed by atoms with Crippen LogP contribution in [0.3, 0.4) is 0 Å². The molecule has 21 heteroatoms. The second-order valence-corrected chi connectivity index (χ2v) is 17.9. The molecule has 2 aliphatic heterocycles. The molecule has 0 atom stereocenters. The topological polar surface area (TPSA) is 198 Å². The summed E-state index contributed by atoms with van der Waals surface area (Å²) in [5.74, 6) is 1.73. The number of carboxylic acids is 1. The lowest BCUT2D eigenvalue weighted by Crippen LogP contribution is -2.48. The van der Waals surface area contributed by atoms with Crippen molar-refractivity contribution in [2.45, 2.75) is 95.2 Å². The molecule has 0 unspecified atom stereocenters. The van der Waals surface area contributed by atoms with Gasteiger partial charge in [0.15, 0.2) is 34.6 Å². The molecule has 0 spiro atoms. The summed E-state index contributed by atoms with van der Waals surface area (Å²) < 4.78 is 32.7. The first-order valence-corrected chi connectivity index (χ1v) is 23.8. The molecular weight excluding hydrogens is 935 g/mol. The van der Waals surface area contributed by atoms with Crippen LogP contribution in [0.1, 0.15) is 84.4 Å². The Morgan fingerprint density at radius 2 is 0.973 bits per heavy atom. The van der Waals surface area contributed by atoms with Crippen molar-refractivity contribution in [3.05, 3.63) is 141 Å². The minimum Gasteiger partial charge on any atom is -0.481 e. The number of carboxylic acid groups (broad SMARTS) is 1. The van der Waals surface area contributed by atoms with Gasteiger partial charge >= 0.3 is 5.97 Å². The van der Waals surface area contributed by atoms with Crippen LogP contribution in [0.4, 0.5) is 8.78 Å². The van der Waals surface area contributed by atoms with Crippen molar-refractivity contribution in [3.8, 4) is 11.6 Å². The Bertz CT molecular complexity index is 3090. The fourth-order valence-corrected chi connectivity index (χ4v) is 8.86. The van der Waals surface area contributed by atoms with E-state index in [1.165, 1.54) is 29.8 Å². The second kappa shape index (κ2) is 24.9. The maximum absolute atomic E-state index is 13.1. The third-order valence-corrected chi connectivity index (χ3v) is 12.9. The van der Waals surface area contributed by atoms with Gasteiger partial charge in [-0.3, -0.25) is 19.4 Å². The first-order valence-electron chi connectivity index (χ1n) is 23.8. The number of aryl methyl sites for hydroxylation is 4. The lowest BCUT2D eigenvalue weighted by atomic mass is 10.1. The molecule has 0 bridgehead atoms. The molecule has 2 aliphatic rings. The van der Waals surface area contributed by atoms with Gasteiger partial charge in [0.05, 0.1) is 11.4 Å². The van der Waals surface area contributed by atoms with E-state index in [-0.39, 0.29) is 38.8 Å². The molecule has 19 nitrogen and oxygen atoms in total. The summed E-state index contributed by atoms with van der Waals surface area (Å²) in [6.45, 7) is 20.5. The zero-order valence-corrected chi connectivity index (χ0v) is 41.1. The number of halogens is 2. The Labute approximate surface area is 424 Å². The molecule has 0 radical (unpaired) electrons. The summed E-state index contributed by atoms with van der Waals surface area (Å²) in [5.41, 5.74) is 9.28. The van der Waals surface area contributed by atoms with Gasteiger partial charge < -0.3 is 15.3 Å². The lowest BCUT2D eigenvalue weighted by molar-refractivity contribution is -0.137. The SMILES string of the molecule is C.C.Cc1nn(-c2ccc3nnc(C)n3n2)c(C)c1CCC(=O)N1CCN(Cc2ccc(F)cc2)CC1.Cc1nn(-c2ccc3nnc(C)n3n2)c(C)c1CCC(=O)O.Fc1ccc(CN2CCNCC2)cc1. The van der Waals surface area contributed by atoms with Crippen LogP contribution in [-0.2, 0) is 35.5 Å². The molecule has 8 heterocycles. The Kier molecular flexibility index (Phi) is 18.7. The largest absolute Gasteiger partial charge is 0.481 e. The number of amides is 1. The number of rotatable bonds is 12. The van der Waals surface area contributed by atoms with Crippen LogP contribution in [-0.4, -0.2) is 143 Å². The van der Waals surface area contributed by atoms with Crippen LogP contribution in [0.25, 0.3) is 22.9 Å². The number of aromatic nitrogens is 12. The van der Waals surface area contributed by atoms with Gasteiger partial charge in [0.1, 0.15) is 11.6 Å². The van der Waals surface area contributed by atoms with E-state index in [4.69, 9.17) is 10.2 Å². The minimum atomic E-state index is -0.814. The first kappa shape index (κ1) is 55.0. The van der Waals surface area contributed by atoms with E-state index in [9.17, 15) is 18.4 Å². The summed E-state index contributed by atoms with van der Waals surface area (Å²) in [7, 11) is 0. The second-order valence-electron chi connectivity index (χ2n) is 17.9. The first-order chi connectivity index (χ1) is 34.2. The molecular formula is C52H68F2N16O3. The highest BCUT2D eigenvalue weighted by Gasteiger charge is 2.23. The summed E-state index contributed by atoms with van der Waals surface area (Å²) in [6, 6.07) is 20.8. The van der Waals surface area contributed by atoms with Gasteiger partial charge in [-0.05, 0) is 125 Å². The van der Waals surface area contributed by atoms with Crippen LogP contribution in [0, 0.1) is 53.2 Å². The molecule has 1 amide bonds. The summed E-state index contributed by atoms with van der Waals surface area (Å²) >= 11 is 0. The number of carbonyl (C=O) groups is 2. The number of nitrogens with one attached hydrogen (secondary N) is 1. The van der Waals surface area contributed by atoms with Crippen LogP contribution in [0.15, 0.2) is 72.8 Å². The number of piperazine rings is 2. The fraction of sp³-hybridized carbons (Fsp3) is 0.423. The molecule has 0 aliphatic carbocycles. The van der Waals surface area contributed by atoms with Gasteiger partial charge in [-0.2, -0.15) is 19.2 Å². The van der Waals surface area contributed by atoms with E-state index < -0.39 is 5.97 Å². The van der Waals surface area contributed by atoms with E-state index in [1.54, 1.807) is 13.7 Å². The van der Waals surface area contributed by atoms with Gasteiger partial charge in [-0.15, -0.1) is 30.6 Å². The monoisotopic (exact) mass is 1000 g/mol. The number of hydrogen-bond donors (Lipinski definition) is 2. The Hall–Kier alpha value is -7.36. The number of fused-ring (bicyclic) bond motifs is 2. The highest BCUT2D eigenvalue weighted by Crippen LogP contribution is 2.21. The molecule has 10 rings (SSSR count). The number of benzene rings is 2. The highest BCUT2D eigenvalue weighted by atomic mass is 19.1. The maximum atomic E-state index is 13.1. The quantitative estimate of drug-likeness (QED) is 0.136. The number of nitrogens with zero attached hydrogens (tertiary/aromatic N) is 15. The van der Waals surface area contributed by atoms with Crippen molar-refractivity contribution >= 4 is 23.2 Å². The van der Waals surface area contributed by atoms with E-state index in [1.807, 2.05) is 99.7 Å². The van der Waals surface area contributed by atoms with Crippen molar-refractivity contribution in [3.63, 3.8) is 0 Å². The third-order valence-electron chi connectivity index (χ3n) is 12.9. The zero-order valence-electron chi connectivity index (χ0n) is 41.1. The van der Waals surface area contributed by atoms with Gasteiger partial charge in [0, 0.05) is 89.7 Å².